The highest BCUT2D eigenvalue weighted by molar-refractivity contribution is 8.00. The number of hydrogen-bond donors (Lipinski definition) is 0. The van der Waals surface area contributed by atoms with Crippen molar-refractivity contribution in [3.63, 3.8) is 0 Å². The predicted octanol–water partition coefficient (Wildman–Crippen LogP) is 6.04. The van der Waals surface area contributed by atoms with Gasteiger partial charge in [-0.2, -0.15) is 0 Å². The molecule has 32 heavy (non-hydrogen) atoms. The van der Waals surface area contributed by atoms with Crippen LogP contribution in [0.15, 0.2) is 72.8 Å². The number of carbonyl (C=O) groups excluding carboxylic acids is 2. The fourth-order valence-corrected chi connectivity index (χ4v) is 5.07. The van der Waals surface area contributed by atoms with Gasteiger partial charge in [0.1, 0.15) is 5.37 Å². The van der Waals surface area contributed by atoms with Crippen LogP contribution in [-0.2, 0) is 17.9 Å². The highest BCUT2D eigenvalue weighted by Crippen LogP contribution is 2.39. The van der Waals surface area contributed by atoms with E-state index in [0.29, 0.717) is 34.5 Å². The first-order valence-electron chi connectivity index (χ1n) is 10.2. The maximum atomic E-state index is 12.9. The molecule has 0 bridgehead atoms. The van der Waals surface area contributed by atoms with Crippen molar-refractivity contribution in [3.8, 4) is 0 Å². The zero-order valence-electron chi connectivity index (χ0n) is 17.5. The van der Waals surface area contributed by atoms with Crippen LogP contribution in [0.3, 0.4) is 0 Å². The van der Waals surface area contributed by atoms with Gasteiger partial charge in [0.2, 0.25) is 5.91 Å². The van der Waals surface area contributed by atoms with Crippen molar-refractivity contribution < 1.29 is 9.59 Å². The molecule has 1 unspecified atom stereocenters. The molecule has 0 radical (unpaired) electrons. The van der Waals surface area contributed by atoms with Gasteiger partial charge in [-0.15, -0.1) is 11.8 Å². The molecular weight excluding hydrogens is 463 g/mol. The molecule has 1 heterocycles. The summed E-state index contributed by atoms with van der Waals surface area (Å²) in [7, 11) is 1.78. The Labute approximate surface area is 202 Å². The smallest absolute Gasteiger partial charge is 0.253 e. The number of carbonyl (C=O) groups is 2. The summed E-state index contributed by atoms with van der Waals surface area (Å²) in [5, 5.41) is 1.27. The Morgan fingerprint density at radius 1 is 0.938 bits per heavy atom. The minimum absolute atomic E-state index is 0.0559. The van der Waals surface area contributed by atoms with Gasteiger partial charge in [-0.3, -0.25) is 9.59 Å². The lowest BCUT2D eigenvalue weighted by molar-refractivity contribution is -0.128. The van der Waals surface area contributed by atoms with Crippen LogP contribution in [0.2, 0.25) is 10.0 Å². The Kier molecular flexibility index (Phi) is 7.09. The van der Waals surface area contributed by atoms with E-state index in [1.807, 2.05) is 77.7 Å². The molecule has 0 spiro atoms. The lowest BCUT2D eigenvalue weighted by Gasteiger charge is -2.25. The molecule has 7 heteroatoms. The van der Waals surface area contributed by atoms with Gasteiger partial charge in [0.15, 0.2) is 0 Å². The molecule has 1 fully saturated rings. The molecule has 0 aromatic heterocycles. The summed E-state index contributed by atoms with van der Waals surface area (Å²) in [6.07, 6.45) is 0. The maximum Gasteiger partial charge on any atom is 0.253 e. The van der Waals surface area contributed by atoms with Crippen LogP contribution in [0.5, 0.6) is 0 Å². The van der Waals surface area contributed by atoms with Gasteiger partial charge in [0.25, 0.3) is 5.91 Å². The van der Waals surface area contributed by atoms with Crippen molar-refractivity contribution in [3.05, 3.63) is 105 Å². The van der Waals surface area contributed by atoms with Crippen LogP contribution in [0.1, 0.15) is 32.4 Å². The van der Waals surface area contributed by atoms with Crippen LogP contribution in [-0.4, -0.2) is 34.4 Å². The molecule has 1 aliphatic heterocycles. The van der Waals surface area contributed by atoms with E-state index >= 15 is 0 Å². The number of benzene rings is 3. The molecule has 0 aliphatic carbocycles. The van der Waals surface area contributed by atoms with Gasteiger partial charge in [-0.05, 0) is 53.1 Å². The fourth-order valence-electron chi connectivity index (χ4n) is 3.63. The number of halogens is 2. The summed E-state index contributed by atoms with van der Waals surface area (Å²) >= 11 is 13.5. The Bertz CT molecular complexity index is 1100. The van der Waals surface area contributed by atoms with Gasteiger partial charge < -0.3 is 9.80 Å². The summed E-state index contributed by atoms with van der Waals surface area (Å²) < 4.78 is 0. The number of thioether (sulfide) groups is 1. The molecule has 1 saturated heterocycles. The second-order valence-corrected chi connectivity index (χ2v) is 9.66. The first-order chi connectivity index (χ1) is 15.4. The molecule has 4 nitrogen and oxygen atoms in total. The SMILES string of the molecule is CN(Cc1ccc(Cl)cc1)C(=O)c1ccc(C2SCC(=O)N2Cc2ccc(Cl)cc2)cc1. The van der Waals surface area contributed by atoms with Crippen molar-refractivity contribution in [1.29, 1.82) is 0 Å². The van der Waals surface area contributed by atoms with Crippen LogP contribution < -0.4 is 0 Å². The number of hydrogen-bond acceptors (Lipinski definition) is 3. The van der Waals surface area contributed by atoms with Crippen molar-refractivity contribution >= 4 is 46.8 Å². The lowest BCUT2D eigenvalue weighted by Crippen LogP contribution is -2.28. The summed E-state index contributed by atoms with van der Waals surface area (Å²) in [6.45, 7) is 1.03. The zero-order chi connectivity index (χ0) is 22.7. The minimum atomic E-state index is -0.0749. The van der Waals surface area contributed by atoms with E-state index in [-0.39, 0.29) is 17.2 Å². The standard InChI is InChI=1S/C25H22Cl2N2O2S/c1-28(14-17-2-10-21(26)11-3-17)24(31)19-6-8-20(9-7-19)25-29(23(30)16-32-25)15-18-4-12-22(27)13-5-18/h2-13,25H,14-16H2,1H3. The van der Waals surface area contributed by atoms with Crippen LogP contribution in [0.25, 0.3) is 0 Å². The van der Waals surface area contributed by atoms with Crippen LogP contribution >= 0.6 is 35.0 Å². The zero-order valence-corrected chi connectivity index (χ0v) is 19.8. The van der Waals surface area contributed by atoms with E-state index < -0.39 is 0 Å². The van der Waals surface area contributed by atoms with Crippen LogP contribution in [0, 0.1) is 0 Å². The summed E-state index contributed by atoms with van der Waals surface area (Å²) in [4.78, 5) is 28.9. The second kappa shape index (κ2) is 9.99. The molecule has 0 N–H and O–H groups in total. The summed E-state index contributed by atoms with van der Waals surface area (Å²) in [5.41, 5.74) is 3.67. The molecule has 2 amide bonds. The third kappa shape index (κ3) is 5.29. The van der Waals surface area contributed by atoms with E-state index in [4.69, 9.17) is 23.2 Å². The van der Waals surface area contributed by atoms with Gasteiger partial charge in [0, 0.05) is 35.7 Å². The molecule has 164 valence electrons. The van der Waals surface area contributed by atoms with Gasteiger partial charge >= 0.3 is 0 Å². The van der Waals surface area contributed by atoms with E-state index in [9.17, 15) is 9.59 Å². The summed E-state index contributed by atoms with van der Waals surface area (Å²) in [6, 6.07) is 22.6. The molecule has 1 atom stereocenters. The quantitative estimate of drug-likeness (QED) is 0.428. The maximum absolute atomic E-state index is 12.9. The predicted molar refractivity (Wildman–Crippen MR) is 131 cm³/mol. The second-order valence-electron chi connectivity index (χ2n) is 7.72. The van der Waals surface area contributed by atoms with Crippen molar-refractivity contribution in [2.24, 2.45) is 0 Å². The molecule has 0 saturated carbocycles. The van der Waals surface area contributed by atoms with Crippen molar-refractivity contribution in [2.45, 2.75) is 18.5 Å². The third-order valence-corrected chi connectivity index (χ3v) is 7.12. The van der Waals surface area contributed by atoms with Crippen molar-refractivity contribution in [2.75, 3.05) is 12.8 Å². The molecule has 3 aromatic carbocycles. The first kappa shape index (κ1) is 22.7. The Morgan fingerprint density at radius 3 is 2.09 bits per heavy atom. The normalized spacial score (nSPS) is 15.8. The molecule has 4 rings (SSSR count). The van der Waals surface area contributed by atoms with Gasteiger partial charge in [0.05, 0.1) is 5.75 Å². The van der Waals surface area contributed by atoms with E-state index in [1.54, 1.807) is 23.7 Å². The Morgan fingerprint density at radius 2 is 1.50 bits per heavy atom. The number of amides is 2. The van der Waals surface area contributed by atoms with E-state index in [2.05, 4.69) is 0 Å². The third-order valence-electron chi connectivity index (χ3n) is 5.36. The monoisotopic (exact) mass is 484 g/mol. The highest BCUT2D eigenvalue weighted by atomic mass is 35.5. The van der Waals surface area contributed by atoms with Crippen LogP contribution in [0.4, 0.5) is 0 Å². The molecule has 1 aliphatic rings. The summed E-state index contributed by atoms with van der Waals surface area (Å²) in [5.74, 6) is 0.500. The average Bonchev–Trinajstić information content (AvgIpc) is 3.16. The Balaban J connectivity index is 1.44. The minimum Gasteiger partial charge on any atom is -0.337 e. The largest absolute Gasteiger partial charge is 0.337 e. The molecule has 3 aromatic rings. The fraction of sp³-hybridized carbons (Fsp3) is 0.200. The first-order valence-corrected chi connectivity index (χ1v) is 12.0. The highest BCUT2D eigenvalue weighted by Gasteiger charge is 2.32. The van der Waals surface area contributed by atoms with Crippen molar-refractivity contribution in [1.82, 2.24) is 9.80 Å². The van der Waals surface area contributed by atoms with Gasteiger partial charge in [-0.25, -0.2) is 0 Å². The van der Waals surface area contributed by atoms with Gasteiger partial charge in [-0.1, -0.05) is 59.6 Å². The average molecular weight is 485 g/mol. The van der Waals surface area contributed by atoms with E-state index in [1.165, 1.54) is 0 Å². The number of rotatable bonds is 6. The van der Waals surface area contributed by atoms with E-state index in [0.717, 1.165) is 16.7 Å². The Hall–Kier alpha value is -2.47. The molecular formula is C25H22Cl2N2O2S. The topological polar surface area (TPSA) is 40.6 Å². The number of nitrogens with zero attached hydrogens (tertiary/aromatic N) is 2. The lowest BCUT2D eigenvalue weighted by atomic mass is 10.1.